The van der Waals surface area contributed by atoms with Crippen LogP contribution in [0.5, 0.6) is 5.75 Å². The molecule has 0 bridgehead atoms. The Morgan fingerprint density at radius 3 is 2.26 bits per heavy atom. The Morgan fingerprint density at radius 1 is 1.00 bits per heavy atom. The SMILES string of the molecule is Cc1cc(C)cc(COc2ccc(CO)cc2F)c1. The molecule has 0 saturated carbocycles. The van der Waals surface area contributed by atoms with Crippen molar-refractivity contribution in [1.29, 1.82) is 0 Å². The maximum atomic E-state index is 13.7. The van der Waals surface area contributed by atoms with Gasteiger partial charge < -0.3 is 9.84 Å². The molecule has 0 aromatic heterocycles. The molecule has 100 valence electrons. The number of rotatable bonds is 4. The van der Waals surface area contributed by atoms with Gasteiger partial charge in [-0.05, 0) is 37.1 Å². The minimum atomic E-state index is -0.448. The van der Waals surface area contributed by atoms with Crippen LogP contribution in [0.4, 0.5) is 4.39 Å². The fraction of sp³-hybridized carbons (Fsp3) is 0.250. The van der Waals surface area contributed by atoms with Crippen molar-refractivity contribution in [3.8, 4) is 5.75 Å². The highest BCUT2D eigenvalue weighted by Gasteiger charge is 2.05. The van der Waals surface area contributed by atoms with E-state index in [0.717, 1.165) is 16.7 Å². The Bertz CT molecular complexity index is 559. The monoisotopic (exact) mass is 260 g/mol. The van der Waals surface area contributed by atoms with Gasteiger partial charge in [-0.25, -0.2) is 4.39 Å². The van der Waals surface area contributed by atoms with Crippen molar-refractivity contribution in [2.24, 2.45) is 0 Å². The lowest BCUT2D eigenvalue weighted by Crippen LogP contribution is -1.99. The lowest BCUT2D eigenvalue weighted by atomic mass is 10.1. The van der Waals surface area contributed by atoms with E-state index in [2.05, 4.69) is 6.07 Å². The minimum absolute atomic E-state index is 0.172. The first kappa shape index (κ1) is 13.6. The first-order valence-corrected chi connectivity index (χ1v) is 6.18. The molecule has 0 radical (unpaired) electrons. The average Bonchev–Trinajstić information content (AvgIpc) is 2.36. The molecule has 0 heterocycles. The van der Waals surface area contributed by atoms with Crippen LogP contribution in [0.25, 0.3) is 0 Å². The topological polar surface area (TPSA) is 29.5 Å². The number of aryl methyl sites for hydroxylation is 2. The summed E-state index contributed by atoms with van der Waals surface area (Å²) in [6.07, 6.45) is 0. The minimum Gasteiger partial charge on any atom is -0.486 e. The van der Waals surface area contributed by atoms with Gasteiger partial charge in [0, 0.05) is 0 Å². The molecule has 2 aromatic carbocycles. The second kappa shape index (κ2) is 5.85. The Labute approximate surface area is 112 Å². The summed E-state index contributed by atoms with van der Waals surface area (Å²) < 4.78 is 19.1. The van der Waals surface area contributed by atoms with Gasteiger partial charge in [-0.15, -0.1) is 0 Å². The summed E-state index contributed by atoms with van der Waals surface area (Å²) in [5.74, 6) is -0.243. The third-order valence-corrected chi connectivity index (χ3v) is 2.85. The van der Waals surface area contributed by atoms with Gasteiger partial charge in [0.15, 0.2) is 11.6 Å². The summed E-state index contributed by atoms with van der Waals surface area (Å²) in [5, 5.41) is 8.91. The van der Waals surface area contributed by atoms with Gasteiger partial charge in [-0.3, -0.25) is 0 Å². The Hall–Kier alpha value is -1.87. The molecule has 0 aliphatic heterocycles. The molecule has 0 spiro atoms. The number of hydrogen-bond acceptors (Lipinski definition) is 2. The van der Waals surface area contributed by atoms with Gasteiger partial charge in [0.05, 0.1) is 6.61 Å². The van der Waals surface area contributed by atoms with Gasteiger partial charge >= 0.3 is 0 Å². The number of halogens is 1. The van der Waals surface area contributed by atoms with Crippen molar-refractivity contribution in [2.45, 2.75) is 27.1 Å². The van der Waals surface area contributed by atoms with Gasteiger partial charge in [-0.1, -0.05) is 35.4 Å². The van der Waals surface area contributed by atoms with E-state index in [9.17, 15) is 4.39 Å². The molecule has 1 N–H and O–H groups in total. The standard InChI is InChI=1S/C16H17FO2/c1-11-5-12(2)7-14(6-11)10-19-16-4-3-13(9-18)8-15(16)17/h3-8,18H,9-10H2,1-2H3. The molecule has 0 unspecified atom stereocenters. The highest BCUT2D eigenvalue weighted by atomic mass is 19.1. The van der Waals surface area contributed by atoms with Crippen LogP contribution >= 0.6 is 0 Å². The van der Waals surface area contributed by atoms with E-state index in [1.54, 1.807) is 12.1 Å². The van der Waals surface area contributed by atoms with E-state index in [1.165, 1.54) is 6.07 Å². The van der Waals surface area contributed by atoms with E-state index in [-0.39, 0.29) is 12.4 Å². The third-order valence-electron chi connectivity index (χ3n) is 2.85. The summed E-state index contributed by atoms with van der Waals surface area (Å²) in [7, 11) is 0. The summed E-state index contributed by atoms with van der Waals surface area (Å²) >= 11 is 0. The second-order valence-corrected chi connectivity index (χ2v) is 4.71. The molecule has 0 aliphatic carbocycles. The van der Waals surface area contributed by atoms with Crippen LogP contribution in [0.1, 0.15) is 22.3 Å². The Balaban J connectivity index is 2.10. The molecule has 2 aromatic rings. The maximum absolute atomic E-state index is 13.7. The molecule has 0 atom stereocenters. The van der Waals surface area contributed by atoms with Crippen LogP contribution < -0.4 is 4.74 Å². The smallest absolute Gasteiger partial charge is 0.165 e. The first-order chi connectivity index (χ1) is 9.08. The molecule has 3 heteroatoms. The lowest BCUT2D eigenvalue weighted by Gasteiger charge is -2.09. The predicted molar refractivity (Wildman–Crippen MR) is 72.6 cm³/mol. The van der Waals surface area contributed by atoms with Crippen molar-refractivity contribution in [3.63, 3.8) is 0 Å². The van der Waals surface area contributed by atoms with E-state index in [1.807, 2.05) is 26.0 Å². The number of aliphatic hydroxyl groups is 1. The molecule has 19 heavy (non-hydrogen) atoms. The quantitative estimate of drug-likeness (QED) is 0.911. The van der Waals surface area contributed by atoms with Crippen molar-refractivity contribution in [1.82, 2.24) is 0 Å². The van der Waals surface area contributed by atoms with Crippen molar-refractivity contribution in [2.75, 3.05) is 0 Å². The van der Waals surface area contributed by atoms with Crippen molar-refractivity contribution < 1.29 is 14.2 Å². The van der Waals surface area contributed by atoms with E-state index >= 15 is 0 Å². The molecule has 0 aliphatic rings. The molecule has 0 amide bonds. The highest BCUT2D eigenvalue weighted by Crippen LogP contribution is 2.20. The maximum Gasteiger partial charge on any atom is 0.165 e. The van der Waals surface area contributed by atoms with Gasteiger partial charge in [-0.2, -0.15) is 0 Å². The summed E-state index contributed by atoms with van der Waals surface area (Å²) in [6.45, 7) is 4.20. The van der Waals surface area contributed by atoms with E-state index in [0.29, 0.717) is 12.2 Å². The first-order valence-electron chi connectivity index (χ1n) is 6.18. The zero-order chi connectivity index (χ0) is 13.8. The van der Waals surface area contributed by atoms with Gasteiger partial charge in [0.2, 0.25) is 0 Å². The molecule has 2 rings (SSSR count). The van der Waals surface area contributed by atoms with Crippen LogP contribution in [-0.2, 0) is 13.2 Å². The van der Waals surface area contributed by atoms with Crippen LogP contribution in [0, 0.1) is 19.7 Å². The lowest BCUT2D eigenvalue weighted by molar-refractivity contribution is 0.276. The largest absolute Gasteiger partial charge is 0.486 e. The third kappa shape index (κ3) is 3.55. The Morgan fingerprint density at radius 2 is 1.68 bits per heavy atom. The summed E-state index contributed by atoms with van der Waals surface area (Å²) in [6, 6.07) is 10.6. The van der Waals surface area contributed by atoms with E-state index < -0.39 is 5.82 Å². The van der Waals surface area contributed by atoms with Crippen LogP contribution in [-0.4, -0.2) is 5.11 Å². The molecular weight excluding hydrogens is 243 g/mol. The normalized spacial score (nSPS) is 10.5. The molecule has 0 saturated heterocycles. The average molecular weight is 260 g/mol. The van der Waals surface area contributed by atoms with E-state index in [4.69, 9.17) is 9.84 Å². The number of hydrogen-bond donors (Lipinski definition) is 1. The number of aliphatic hydroxyl groups excluding tert-OH is 1. The molecular formula is C16H17FO2. The number of ether oxygens (including phenoxy) is 1. The van der Waals surface area contributed by atoms with Gasteiger partial charge in [0.25, 0.3) is 0 Å². The predicted octanol–water partition coefficient (Wildman–Crippen LogP) is 3.51. The Kier molecular flexibility index (Phi) is 4.17. The fourth-order valence-corrected chi connectivity index (χ4v) is 2.07. The van der Waals surface area contributed by atoms with Crippen molar-refractivity contribution in [3.05, 3.63) is 64.5 Å². The summed E-state index contributed by atoms with van der Waals surface area (Å²) in [5.41, 5.74) is 3.88. The second-order valence-electron chi connectivity index (χ2n) is 4.71. The van der Waals surface area contributed by atoms with Gasteiger partial charge in [0.1, 0.15) is 6.61 Å². The molecule has 2 nitrogen and oxygen atoms in total. The van der Waals surface area contributed by atoms with Crippen LogP contribution in [0.2, 0.25) is 0 Å². The fourth-order valence-electron chi connectivity index (χ4n) is 2.07. The van der Waals surface area contributed by atoms with Crippen molar-refractivity contribution >= 4 is 0 Å². The zero-order valence-corrected chi connectivity index (χ0v) is 11.1. The zero-order valence-electron chi connectivity index (χ0n) is 11.1. The van der Waals surface area contributed by atoms with Crippen LogP contribution in [0.15, 0.2) is 36.4 Å². The highest BCUT2D eigenvalue weighted by molar-refractivity contribution is 5.31. The van der Waals surface area contributed by atoms with Crippen LogP contribution in [0.3, 0.4) is 0 Å². The molecule has 0 fully saturated rings. The number of benzene rings is 2. The summed E-state index contributed by atoms with van der Waals surface area (Å²) in [4.78, 5) is 0.